The van der Waals surface area contributed by atoms with Crippen molar-refractivity contribution in [3.05, 3.63) is 33.6 Å². The summed E-state index contributed by atoms with van der Waals surface area (Å²) in [5.41, 5.74) is 0.519. The van der Waals surface area contributed by atoms with Crippen molar-refractivity contribution in [3.63, 3.8) is 0 Å². The Morgan fingerprint density at radius 1 is 1.32 bits per heavy atom. The topological polar surface area (TPSA) is 63.3 Å². The van der Waals surface area contributed by atoms with Gasteiger partial charge >= 0.3 is 0 Å². The fourth-order valence-corrected chi connectivity index (χ4v) is 3.41. The zero-order chi connectivity index (χ0) is 18.4. The highest BCUT2D eigenvalue weighted by molar-refractivity contribution is 7.98. The maximum absolute atomic E-state index is 9.90. The zero-order valence-corrected chi connectivity index (χ0v) is 16.9. The summed E-state index contributed by atoms with van der Waals surface area (Å²) in [4.78, 5) is 4.35. The number of aromatic nitrogens is 3. The summed E-state index contributed by atoms with van der Waals surface area (Å²) >= 11 is 13.4. The van der Waals surface area contributed by atoms with Crippen LogP contribution in [0.3, 0.4) is 0 Å². The second kappa shape index (κ2) is 9.46. The molecular weight excluding hydrogens is 379 g/mol. The number of benzene rings is 1. The van der Waals surface area contributed by atoms with Crippen LogP contribution in [0.25, 0.3) is 0 Å². The molecule has 1 N–H and O–H groups in total. The molecule has 0 aliphatic carbocycles. The van der Waals surface area contributed by atoms with Crippen LogP contribution in [-0.2, 0) is 13.0 Å². The van der Waals surface area contributed by atoms with Gasteiger partial charge in [-0.25, -0.2) is 0 Å². The van der Waals surface area contributed by atoms with Crippen molar-refractivity contribution in [1.82, 2.24) is 14.8 Å². The maximum atomic E-state index is 9.90. The van der Waals surface area contributed by atoms with Gasteiger partial charge in [0.25, 0.3) is 0 Å². The van der Waals surface area contributed by atoms with E-state index in [1.54, 1.807) is 24.0 Å². The number of thioether (sulfide) groups is 1. The van der Waals surface area contributed by atoms with E-state index in [4.69, 9.17) is 23.2 Å². The van der Waals surface area contributed by atoms with E-state index in [9.17, 15) is 5.11 Å². The molecule has 0 unspecified atom stereocenters. The first-order valence-electron chi connectivity index (χ1n) is 8.06. The van der Waals surface area contributed by atoms with E-state index < -0.39 is 0 Å². The molecule has 0 amide bonds. The fourth-order valence-electron chi connectivity index (χ4n) is 2.38. The van der Waals surface area contributed by atoms with Crippen molar-refractivity contribution in [2.45, 2.75) is 38.4 Å². The molecule has 0 spiro atoms. The molecule has 0 atom stereocenters. The number of aryl methyl sites for hydroxylation is 1. The van der Waals surface area contributed by atoms with Gasteiger partial charge in [-0.05, 0) is 30.7 Å². The lowest BCUT2D eigenvalue weighted by atomic mass is 10.2. The molecule has 0 saturated heterocycles. The third-order valence-electron chi connectivity index (χ3n) is 3.50. The summed E-state index contributed by atoms with van der Waals surface area (Å²) in [6.07, 6.45) is 5.26. The quantitative estimate of drug-likeness (QED) is 0.395. The molecule has 0 aliphatic heterocycles. The summed E-state index contributed by atoms with van der Waals surface area (Å²) in [5.74, 6) is 1.52. The Bertz CT molecular complexity index is 746. The van der Waals surface area contributed by atoms with E-state index in [1.807, 2.05) is 6.26 Å². The molecule has 8 heteroatoms. The SMILES string of the molecule is CSc1nnc(CCCN=Cc2cc(Cl)cc(Cl)c2O)n1CC(C)C. The number of phenolic OH excluding ortho intramolecular Hbond substituents is 1. The number of phenols is 1. The first kappa shape index (κ1) is 20.1. The number of aromatic hydroxyl groups is 1. The molecule has 1 aromatic heterocycles. The van der Waals surface area contributed by atoms with Crippen molar-refractivity contribution in [2.75, 3.05) is 12.8 Å². The Labute approximate surface area is 162 Å². The molecule has 0 bridgehead atoms. The third-order valence-corrected chi connectivity index (χ3v) is 4.67. The Kier molecular flexibility index (Phi) is 7.59. The van der Waals surface area contributed by atoms with Crippen LogP contribution in [0.1, 0.15) is 31.7 Å². The van der Waals surface area contributed by atoms with Crippen LogP contribution in [0.5, 0.6) is 5.75 Å². The average Bonchev–Trinajstić information content (AvgIpc) is 2.92. The zero-order valence-electron chi connectivity index (χ0n) is 14.5. The molecule has 2 rings (SSSR count). The minimum absolute atomic E-state index is 0.00361. The van der Waals surface area contributed by atoms with Crippen LogP contribution in [0.2, 0.25) is 10.0 Å². The molecule has 1 aromatic carbocycles. The predicted molar refractivity (Wildman–Crippen MR) is 106 cm³/mol. The van der Waals surface area contributed by atoms with Crippen molar-refractivity contribution >= 4 is 41.2 Å². The van der Waals surface area contributed by atoms with Gasteiger partial charge < -0.3 is 9.67 Å². The summed E-state index contributed by atoms with van der Waals surface area (Å²) < 4.78 is 2.18. The maximum Gasteiger partial charge on any atom is 0.190 e. The lowest BCUT2D eigenvalue weighted by Crippen LogP contribution is -2.10. The largest absolute Gasteiger partial charge is 0.506 e. The molecule has 25 heavy (non-hydrogen) atoms. The minimum Gasteiger partial charge on any atom is -0.506 e. The van der Waals surface area contributed by atoms with Gasteiger partial charge in [-0.3, -0.25) is 4.99 Å². The molecule has 1 heterocycles. The molecule has 5 nitrogen and oxygen atoms in total. The molecule has 136 valence electrons. The van der Waals surface area contributed by atoms with Gasteiger partial charge in [0.05, 0.1) is 5.02 Å². The van der Waals surface area contributed by atoms with Gasteiger partial charge in [-0.15, -0.1) is 10.2 Å². The monoisotopic (exact) mass is 400 g/mol. The lowest BCUT2D eigenvalue weighted by molar-refractivity contribution is 0.474. The molecule has 0 fully saturated rings. The third kappa shape index (κ3) is 5.62. The van der Waals surface area contributed by atoms with E-state index in [1.165, 1.54) is 6.07 Å². The van der Waals surface area contributed by atoms with Gasteiger partial charge in [0.1, 0.15) is 11.6 Å². The highest BCUT2D eigenvalue weighted by Crippen LogP contribution is 2.30. The summed E-state index contributed by atoms with van der Waals surface area (Å²) in [7, 11) is 0. The Morgan fingerprint density at radius 3 is 2.76 bits per heavy atom. The van der Waals surface area contributed by atoms with E-state index in [0.29, 0.717) is 23.0 Å². The van der Waals surface area contributed by atoms with Gasteiger partial charge in [-0.1, -0.05) is 48.8 Å². The van der Waals surface area contributed by atoms with Crippen LogP contribution in [0.4, 0.5) is 0 Å². The molecular formula is C17H22Cl2N4OS. The van der Waals surface area contributed by atoms with Crippen molar-refractivity contribution < 1.29 is 5.11 Å². The highest BCUT2D eigenvalue weighted by Gasteiger charge is 2.12. The van der Waals surface area contributed by atoms with Gasteiger partial charge in [-0.2, -0.15) is 0 Å². The van der Waals surface area contributed by atoms with Gasteiger partial charge in [0.15, 0.2) is 5.16 Å². The van der Waals surface area contributed by atoms with E-state index in [0.717, 1.165) is 30.4 Å². The van der Waals surface area contributed by atoms with Gasteiger partial charge in [0.2, 0.25) is 0 Å². The minimum atomic E-state index is -0.00361. The van der Waals surface area contributed by atoms with E-state index >= 15 is 0 Å². The molecule has 2 aromatic rings. The number of halogens is 2. The van der Waals surface area contributed by atoms with Crippen molar-refractivity contribution in [3.8, 4) is 5.75 Å². The first-order chi connectivity index (χ1) is 11.9. The van der Waals surface area contributed by atoms with Crippen LogP contribution in [0.15, 0.2) is 22.3 Å². The first-order valence-corrected chi connectivity index (χ1v) is 10.0. The Balaban J connectivity index is 1.95. The number of aliphatic imine (C=N–C) groups is 1. The van der Waals surface area contributed by atoms with Crippen molar-refractivity contribution in [2.24, 2.45) is 10.9 Å². The van der Waals surface area contributed by atoms with Crippen LogP contribution >= 0.6 is 35.0 Å². The number of nitrogens with zero attached hydrogens (tertiary/aromatic N) is 4. The summed E-state index contributed by atoms with van der Waals surface area (Å²) in [5, 5.41) is 20.1. The van der Waals surface area contributed by atoms with Crippen LogP contribution in [-0.4, -0.2) is 38.9 Å². The van der Waals surface area contributed by atoms with Crippen molar-refractivity contribution in [1.29, 1.82) is 0 Å². The van der Waals surface area contributed by atoms with Crippen LogP contribution < -0.4 is 0 Å². The van der Waals surface area contributed by atoms with E-state index in [-0.39, 0.29) is 10.8 Å². The lowest BCUT2D eigenvalue weighted by Gasteiger charge is -2.11. The smallest absolute Gasteiger partial charge is 0.190 e. The van der Waals surface area contributed by atoms with E-state index in [2.05, 4.69) is 33.6 Å². The molecule has 0 saturated carbocycles. The Morgan fingerprint density at radius 2 is 2.08 bits per heavy atom. The second-order valence-electron chi connectivity index (χ2n) is 6.07. The van der Waals surface area contributed by atoms with Gasteiger partial charge in [0, 0.05) is 36.3 Å². The number of rotatable bonds is 8. The Hall–Kier alpha value is -1.24. The molecule has 0 radical (unpaired) electrons. The summed E-state index contributed by atoms with van der Waals surface area (Å²) in [6.45, 7) is 5.89. The average molecular weight is 401 g/mol. The highest BCUT2D eigenvalue weighted by atomic mass is 35.5. The predicted octanol–water partition coefficient (Wildman–Crippen LogP) is 4.72. The normalized spacial score (nSPS) is 11.8. The second-order valence-corrected chi connectivity index (χ2v) is 7.69. The standard InChI is InChI=1S/C17H22Cl2N4OS/c1-11(2)10-23-15(21-22-17(23)25-3)5-4-6-20-9-12-7-13(18)8-14(19)16(12)24/h7-9,11,24H,4-6,10H2,1-3H3. The molecule has 0 aliphatic rings. The fraction of sp³-hybridized carbons (Fsp3) is 0.471. The number of hydrogen-bond acceptors (Lipinski definition) is 5. The summed E-state index contributed by atoms with van der Waals surface area (Å²) in [6, 6.07) is 3.14. The van der Waals surface area contributed by atoms with Crippen LogP contribution in [0, 0.1) is 5.92 Å². The number of hydrogen-bond donors (Lipinski definition) is 1.